The van der Waals surface area contributed by atoms with Gasteiger partial charge in [-0.05, 0) is 42.3 Å². The lowest BCUT2D eigenvalue weighted by molar-refractivity contribution is 1.18. The zero-order valence-corrected chi connectivity index (χ0v) is 9.64. The smallest absolute Gasteiger partial charge is 0.0897 e. The number of hydrogen-bond acceptors (Lipinski definition) is 3. The fourth-order valence-electron chi connectivity index (χ4n) is 2.05. The highest BCUT2D eigenvalue weighted by Crippen LogP contribution is 2.33. The predicted molar refractivity (Wildman–Crippen MR) is 69.9 cm³/mol. The third-order valence-corrected chi connectivity index (χ3v) is 2.91. The number of allylic oxidation sites excluding steroid dienone is 1. The molecule has 0 radical (unpaired) electrons. The first kappa shape index (κ1) is 10.0. The molecule has 0 bridgehead atoms. The summed E-state index contributed by atoms with van der Waals surface area (Å²) >= 11 is 0. The number of hydrogen-bond donors (Lipinski definition) is 1. The lowest BCUT2D eigenvalue weighted by atomic mass is 10.1. The minimum Gasteiger partial charge on any atom is -0.352 e. The second-order valence-electron chi connectivity index (χ2n) is 3.98. The quantitative estimate of drug-likeness (QED) is 0.804. The Labute approximate surface area is 100 Å². The maximum atomic E-state index is 4.46. The molecule has 3 heteroatoms. The average molecular weight is 223 g/mol. The van der Waals surface area contributed by atoms with Crippen LogP contribution in [0.15, 0.2) is 36.7 Å². The predicted octanol–water partition coefficient (Wildman–Crippen LogP) is 3.48. The zero-order chi connectivity index (χ0) is 11.7. The number of nitrogens with one attached hydrogen (secondary N) is 1. The number of fused-ring (bicyclic) bond motifs is 2. The van der Waals surface area contributed by atoms with Gasteiger partial charge in [0, 0.05) is 12.4 Å². The summed E-state index contributed by atoms with van der Waals surface area (Å²) in [6, 6.07) is 7.97. The average Bonchev–Trinajstić information content (AvgIpc) is 2.54. The normalized spacial score (nSPS) is 12.9. The fraction of sp³-hybridized carbons (Fsp3) is 0.143. The summed E-state index contributed by atoms with van der Waals surface area (Å²) in [6.45, 7) is 2.14. The summed E-state index contributed by atoms with van der Waals surface area (Å²) in [5.41, 5.74) is 5.29. The molecule has 0 aromatic carbocycles. The van der Waals surface area contributed by atoms with Gasteiger partial charge in [-0.25, -0.2) is 0 Å². The molecule has 0 unspecified atom stereocenters. The van der Waals surface area contributed by atoms with Crippen molar-refractivity contribution in [3.63, 3.8) is 0 Å². The summed E-state index contributed by atoms with van der Waals surface area (Å²) in [5.74, 6) is 0. The van der Waals surface area contributed by atoms with E-state index in [1.807, 2.05) is 36.7 Å². The third kappa shape index (κ3) is 1.69. The molecule has 0 saturated carbocycles. The van der Waals surface area contributed by atoms with Gasteiger partial charge < -0.3 is 5.32 Å². The van der Waals surface area contributed by atoms with E-state index in [1.54, 1.807) is 0 Å². The number of rotatable bonds is 1. The van der Waals surface area contributed by atoms with Crippen LogP contribution in [-0.4, -0.2) is 9.97 Å². The van der Waals surface area contributed by atoms with Crippen molar-refractivity contribution in [2.24, 2.45) is 0 Å². The zero-order valence-electron chi connectivity index (χ0n) is 9.64. The molecule has 3 heterocycles. The van der Waals surface area contributed by atoms with Crippen LogP contribution in [0.25, 0.3) is 11.6 Å². The third-order valence-electron chi connectivity index (χ3n) is 2.91. The van der Waals surface area contributed by atoms with Crippen molar-refractivity contribution in [2.75, 3.05) is 5.32 Å². The van der Waals surface area contributed by atoms with Crippen molar-refractivity contribution in [3.05, 3.63) is 48.0 Å². The Balaban J connectivity index is 2.24. The molecule has 0 atom stereocenters. The van der Waals surface area contributed by atoms with Crippen molar-refractivity contribution in [1.29, 1.82) is 0 Å². The van der Waals surface area contributed by atoms with Gasteiger partial charge in [-0.1, -0.05) is 6.92 Å². The second-order valence-corrected chi connectivity index (χ2v) is 3.98. The highest BCUT2D eigenvalue weighted by Gasteiger charge is 2.14. The van der Waals surface area contributed by atoms with E-state index in [-0.39, 0.29) is 0 Å². The van der Waals surface area contributed by atoms with Crippen LogP contribution in [0.2, 0.25) is 0 Å². The second kappa shape index (κ2) is 4.01. The molecular formula is C14H13N3. The van der Waals surface area contributed by atoms with Gasteiger partial charge in [0.2, 0.25) is 0 Å². The van der Waals surface area contributed by atoms with Gasteiger partial charge in [-0.2, -0.15) is 0 Å². The fourth-order valence-corrected chi connectivity index (χ4v) is 2.05. The highest BCUT2D eigenvalue weighted by molar-refractivity contribution is 5.91. The maximum absolute atomic E-state index is 4.46. The molecule has 1 N–H and O–H groups in total. The van der Waals surface area contributed by atoms with E-state index in [2.05, 4.69) is 28.3 Å². The summed E-state index contributed by atoms with van der Waals surface area (Å²) in [6.07, 6.45) is 6.70. The first-order valence-corrected chi connectivity index (χ1v) is 5.76. The van der Waals surface area contributed by atoms with Crippen LogP contribution in [0.4, 0.5) is 11.4 Å². The van der Waals surface area contributed by atoms with Crippen molar-refractivity contribution < 1.29 is 0 Å². The highest BCUT2D eigenvalue weighted by atomic mass is 14.9. The van der Waals surface area contributed by atoms with Crippen LogP contribution in [0.1, 0.15) is 24.7 Å². The Hall–Kier alpha value is -2.16. The minimum absolute atomic E-state index is 0.946. The van der Waals surface area contributed by atoms with Crippen LogP contribution in [0, 0.1) is 0 Å². The number of aromatic nitrogens is 2. The molecule has 17 heavy (non-hydrogen) atoms. The van der Waals surface area contributed by atoms with E-state index in [0.29, 0.717) is 0 Å². The van der Waals surface area contributed by atoms with Gasteiger partial charge in [0.15, 0.2) is 0 Å². The summed E-state index contributed by atoms with van der Waals surface area (Å²) in [4.78, 5) is 8.85. The number of pyridine rings is 2. The molecule has 2 aromatic rings. The standard InChI is InChI=1S/C14H13N3/c1-2-10-9-13-11(5-3-7-15-13)17-12-6-4-8-16-14(10)12/h3-9,17H,2H2,1H3. The topological polar surface area (TPSA) is 37.8 Å². The molecule has 0 fully saturated rings. The van der Waals surface area contributed by atoms with Crippen LogP contribution in [0.3, 0.4) is 0 Å². The first-order valence-electron chi connectivity index (χ1n) is 5.76. The molecule has 2 aromatic heterocycles. The molecule has 0 saturated heterocycles. The Morgan fingerprint density at radius 1 is 1.06 bits per heavy atom. The van der Waals surface area contributed by atoms with Crippen molar-refractivity contribution in [1.82, 2.24) is 9.97 Å². The monoisotopic (exact) mass is 223 g/mol. The molecule has 0 spiro atoms. The van der Waals surface area contributed by atoms with Gasteiger partial charge in [0.1, 0.15) is 0 Å². The van der Waals surface area contributed by atoms with Crippen LogP contribution < -0.4 is 5.32 Å². The van der Waals surface area contributed by atoms with Gasteiger partial charge in [-0.3, -0.25) is 9.97 Å². The van der Waals surface area contributed by atoms with E-state index in [0.717, 1.165) is 29.2 Å². The summed E-state index contributed by atoms with van der Waals surface area (Å²) < 4.78 is 0. The van der Waals surface area contributed by atoms with E-state index in [1.165, 1.54) is 5.57 Å². The van der Waals surface area contributed by atoms with E-state index < -0.39 is 0 Å². The maximum Gasteiger partial charge on any atom is 0.0897 e. The van der Waals surface area contributed by atoms with Crippen molar-refractivity contribution in [2.45, 2.75) is 13.3 Å². The molecule has 1 aliphatic heterocycles. The van der Waals surface area contributed by atoms with Crippen molar-refractivity contribution >= 4 is 23.0 Å². The van der Waals surface area contributed by atoms with Gasteiger partial charge in [-0.15, -0.1) is 0 Å². The molecule has 0 amide bonds. The summed E-state index contributed by atoms with van der Waals surface area (Å²) in [5, 5.41) is 3.39. The van der Waals surface area contributed by atoms with E-state index >= 15 is 0 Å². The molecule has 3 nitrogen and oxygen atoms in total. The van der Waals surface area contributed by atoms with Crippen LogP contribution >= 0.6 is 0 Å². The van der Waals surface area contributed by atoms with Gasteiger partial charge in [0.25, 0.3) is 0 Å². The largest absolute Gasteiger partial charge is 0.352 e. The van der Waals surface area contributed by atoms with Crippen LogP contribution in [0.5, 0.6) is 0 Å². The van der Waals surface area contributed by atoms with Gasteiger partial charge in [0.05, 0.1) is 22.8 Å². The van der Waals surface area contributed by atoms with Gasteiger partial charge >= 0.3 is 0 Å². The number of nitrogens with zero attached hydrogens (tertiary/aromatic N) is 2. The lowest BCUT2D eigenvalue weighted by Crippen LogP contribution is -1.96. The molecular weight excluding hydrogens is 210 g/mol. The summed E-state index contributed by atoms with van der Waals surface area (Å²) in [7, 11) is 0. The molecule has 0 aliphatic carbocycles. The lowest BCUT2D eigenvalue weighted by Gasteiger charge is -2.09. The Morgan fingerprint density at radius 2 is 1.82 bits per heavy atom. The van der Waals surface area contributed by atoms with Crippen LogP contribution in [-0.2, 0) is 0 Å². The molecule has 84 valence electrons. The first-order chi connectivity index (χ1) is 8.38. The Morgan fingerprint density at radius 3 is 2.65 bits per heavy atom. The molecule has 1 aliphatic rings. The van der Waals surface area contributed by atoms with E-state index in [9.17, 15) is 0 Å². The Kier molecular flexibility index (Phi) is 2.37. The SMILES string of the molecule is CCC1=Cc2ncccc2Nc2cccnc21. The van der Waals surface area contributed by atoms with Crippen molar-refractivity contribution in [3.8, 4) is 0 Å². The number of anilines is 2. The molecule has 3 rings (SSSR count). The van der Waals surface area contributed by atoms with E-state index in [4.69, 9.17) is 0 Å². The minimum atomic E-state index is 0.946. The Bertz CT molecular complexity index is 588.